The Morgan fingerprint density at radius 3 is 2.64 bits per heavy atom. The van der Waals surface area contributed by atoms with Crippen molar-refractivity contribution in [2.75, 3.05) is 6.54 Å². The van der Waals surface area contributed by atoms with Gasteiger partial charge in [0.25, 0.3) is 5.56 Å². The minimum Gasteiger partial charge on any atom is -0.391 e. The van der Waals surface area contributed by atoms with Gasteiger partial charge in [-0.25, -0.2) is 4.98 Å². The highest BCUT2D eigenvalue weighted by atomic mass is 16.3. The van der Waals surface area contributed by atoms with Crippen LogP contribution in [0.2, 0.25) is 0 Å². The van der Waals surface area contributed by atoms with E-state index in [1.165, 1.54) is 10.8 Å². The number of carbonyl (C=O) groups is 1. The first-order chi connectivity index (χ1) is 12.1. The highest BCUT2D eigenvalue weighted by Crippen LogP contribution is 2.08. The first-order valence-corrected chi connectivity index (χ1v) is 8.07. The lowest BCUT2D eigenvalue weighted by molar-refractivity contribution is -0.122. The van der Waals surface area contributed by atoms with Crippen LogP contribution in [0.4, 0.5) is 0 Å². The van der Waals surface area contributed by atoms with Crippen molar-refractivity contribution in [3.8, 4) is 0 Å². The fourth-order valence-electron chi connectivity index (χ4n) is 2.67. The number of aliphatic hydroxyl groups excluding tert-OH is 1. The van der Waals surface area contributed by atoms with Crippen LogP contribution in [0.1, 0.15) is 5.56 Å². The lowest BCUT2D eigenvalue weighted by atomic mass is 10.1. The van der Waals surface area contributed by atoms with Crippen molar-refractivity contribution in [3.63, 3.8) is 0 Å². The maximum Gasteiger partial charge on any atom is 0.269 e. The van der Waals surface area contributed by atoms with Crippen LogP contribution >= 0.6 is 0 Å². The number of aromatic nitrogens is 2. The number of para-hydroxylation sites is 2. The molecule has 0 spiro atoms. The van der Waals surface area contributed by atoms with Crippen molar-refractivity contribution in [1.82, 2.24) is 14.9 Å². The van der Waals surface area contributed by atoms with Gasteiger partial charge in [0, 0.05) is 13.0 Å². The third-order valence-electron chi connectivity index (χ3n) is 3.90. The van der Waals surface area contributed by atoms with Gasteiger partial charge in [-0.2, -0.15) is 0 Å². The Labute approximate surface area is 144 Å². The van der Waals surface area contributed by atoms with Gasteiger partial charge < -0.3 is 10.4 Å². The molecule has 6 heteroatoms. The van der Waals surface area contributed by atoms with Crippen LogP contribution < -0.4 is 10.9 Å². The summed E-state index contributed by atoms with van der Waals surface area (Å²) in [6, 6.07) is 16.7. The molecule has 1 atom stereocenters. The Morgan fingerprint density at radius 2 is 1.84 bits per heavy atom. The second kappa shape index (κ2) is 7.72. The molecule has 128 valence electrons. The molecule has 2 N–H and O–H groups in total. The van der Waals surface area contributed by atoms with Crippen LogP contribution in [0.15, 0.2) is 65.6 Å². The van der Waals surface area contributed by atoms with E-state index in [4.69, 9.17) is 0 Å². The third kappa shape index (κ3) is 4.30. The maximum atomic E-state index is 12.2. The number of carbonyl (C=O) groups excluding carboxylic acids is 1. The lowest BCUT2D eigenvalue weighted by Crippen LogP contribution is -2.37. The largest absolute Gasteiger partial charge is 0.391 e. The second-order valence-corrected chi connectivity index (χ2v) is 5.82. The van der Waals surface area contributed by atoms with E-state index in [2.05, 4.69) is 10.3 Å². The fourth-order valence-corrected chi connectivity index (χ4v) is 2.67. The Morgan fingerprint density at radius 1 is 1.12 bits per heavy atom. The Kier molecular flexibility index (Phi) is 5.20. The number of aliphatic hydroxyl groups is 1. The molecule has 0 fully saturated rings. The van der Waals surface area contributed by atoms with Gasteiger partial charge in [-0.3, -0.25) is 14.2 Å². The lowest BCUT2D eigenvalue weighted by Gasteiger charge is -2.13. The molecule has 0 radical (unpaired) electrons. The molecule has 1 amide bonds. The normalized spacial score (nSPS) is 12.0. The first-order valence-electron chi connectivity index (χ1n) is 8.07. The highest BCUT2D eigenvalue weighted by Gasteiger charge is 2.11. The zero-order valence-corrected chi connectivity index (χ0v) is 13.6. The molecule has 3 aromatic rings. The van der Waals surface area contributed by atoms with Gasteiger partial charge in [0.2, 0.25) is 5.91 Å². The Hall–Kier alpha value is -2.99. The molecule has 1 heterocycles. The van der Waals surface area contributed by atoms with Gasteiger partial charge >= 0.3 is 0 Å². The van der Waals surface area contributed by atoms with Crippen molar-refractivity contribution in [2.24, 2.45) is 0 Å². The van der Waals surface area contributed by atoms with Gasteiger partial charge in [-0.15, -0.1) is 0 Å². The smallest absolute Gasteiger partial charge is 0.269 e. The second-order valence-electron chi connectivity index (χ2n) is 5.82. The molecule has 1 unspecified atom stereocenters. The molecule has 1 aromatic heterocycles. The van der Waals surface area contributed by atoms with Crippen molar-refractivity contribution in [2.45, 2.75) is 19.1 Å². The van der Waals surface area contributed by atoms with E-state index in [9.17, 15) is 14.7 Å². The first kappa shape index (κ1) is 16.9. The maximum absolute atomic E-state index is 12.2. The van der Waals surface area contributed by atoms with E-state index in [1.54, 1.807) is 18.2 Å². The highest BCUT2D eigenvalue weighted by molar-refractivity contribution is 5.79. The van der Waals surface area contributed by atoms with Gasteiger partial charge in [0.05, 0.1) is 23.3 Å². The van der Waals surface area contributed by atoms with Gasteiger partial charge in [0.1, 0.15) is 6.54 Å². The predicted octanol–water partition coefficient (Wildman–Crippen LogP) is 1.12. The monoisotopic (exact) mass is 337 g/mol. The summed E-state index contributed by atoms with van der Waals surface area (Å²) in [4.78, 5) is 28.2. The molecule has 3 rings (SSSR count). The minimum atomic E-state index is -0.683. The zero-order valence-electron chi connectivity index (χ0n) is 13.6. The summed E-state index contributed by atoms with van der Waals surface area (Å²) in [5, 5.41) is 12.7. The van der Waals surface area contributed by atoms with Crippen molar-refractivity contribution < 1.29 is 9.90 Å². The average molecular weight is 337 g/mol. The SMILES string of the molecule is O=C(Cn1c(=O)cnc2ccccc21)NCC(O)Cc1ccccc1. The summed E-state index contributed by atoms with van der Waals surface area (Å²) >= 11 is 0. The molecule has 0 bridgehead atoms. The molecular formula is C19H19N3O3. The summed E-state index contributed by atoms with van der Waals surface area (Å²) in [6.45, 7) is 0.0193. The average Bonchev–Trinajstić information content (AvgIpc) is 2.63. The fraction of sp³-hybridized carbons (Fsp3) is 0.211. The van der Waals surface area contributed by atoms with Gasteiger partial charge in [-0.05, 0) is 17.7 Å². The number of hydrogen-bond acceptors (Lipinski definition) is 4. The number of amides is 1. The Balaban J connectivity index is 1.62. The van der Waals surface area contributed by atoms with E-state index in [-0.39, 0.29) is 24.6 Å². The number of benzene rings is 2. The molecule has 25 heavy (non-hydrogen) atoms. The summed E-state index contributed by atoms with van der Waals surface area (Å²) in [6.07, 6.45) is 0.983. The van der Waals surface area contributed by atoms with E-state index < -0.39 is 6.10 Å². The number of nitrogens with zero attached hydrogens (tertiary/aromatic N) is 2. The quantitative estimate of drug-likeness (QED) is 0.706. The number of hydrogen-bond donors (Lipinski definition) is 2. The van der Waals surface area contributed by atoms with Crippen molar-refractivity contribution >= 4 is 16.9 Å². The molecular weight excluding hydrogens is 318 g/mol. The third-order valence-corrected chi connectivity index (χ3v) is 3.90. The van der Waals surface area contributed by atoms with E-state index in [0.717, 1.165) is 5.56 Å². The van der Waals surface area contributed by atoms with Crippen LogP contribution in [0, 0.1) is 0 Å². The molecule has 6 nitrogen and oxygen atoms in total. The van der Waals surface area contributed by atoms with E-state index in [0.29, 0.717) is 17.5 Å². The number of fused-ring (bicyclic) bond motifs is 1. The summed E-state index contributed by atoms with van der Waals surface area (Å²) in [7, 11) is 0. The standard InChI is InChI=1S/C19H19N3O3/c23-15(10-14-6-2-1-3-7-14)11-21-18(24)13-22-17-9-5-4-8-16(17)20-12-19(22)25/h1-9,12,15,23H,10-11,13H2,(H,21,24). The molecule has 0 saturated heterocycles. The van der Waals surface area contributed by atoms with Gasteiger partial charge in [-0.1, -0.05) is 42.5 Å². The summed E-state index contributed by atoms with van der Waals surface area (Å²) in [5.41, 5.74) is 1.92. The topological polar surface area (TPSA) is 84.2 Å². The molecule has 2 aromatic carbocycles. The predicted molar refractivity (Wildman–Crippen MR) is 95.2 cm³/mol. The van der Waals surface area contributed by atoms with Gasteiger partial charge in [0.15, 0.2) is 0 Å². The van der Waals surface area contributed by atoms with E-state index in [1.807, 2.05) is 36.4 Å². The van der Waals surface area contributed by atoms with Crippen LogP contribution in [-0.2, 0) is 17.8 Å². The zero-order chi connectivity index (χ0) is 17.6. The van der Waals surface area contributed by atoms with Crippen LogP contribution in [-0.4, -0.2) is 33.2 Å². The molecule has 0 aliphatic carbocycles. The summed E-state index contributed by atoms with van der Waals surface area (Å²) < 4.78 is 1.38. The summed E-state index contributed by atoms with van der Waals surface area (Å²) in [5.74, 6) is -0.328. The van der Waals surface area contributed by atoms with Crippen LogP contribution in [0.5, 0.6) is 0 Å². The molecule has 0 saturated carbocycles. The van der Waals surface area contributed by atoms with E-state index >= 15 is 0 Å². The molecule has 0 aliphatic heterocycles. The van der Waals surface area contributed by atoms with Crippen molar-refractivity contribution in [3.05, 3.63) is 76.7 Å². The number of nitrogens with one attached hydrogen (secondary N) is 1. The Bertz CT molecular complexity index is 922. The molecule has 0 aliphatic rings. The van der Waals surface area contributed by atoms with Crippen molar-refractivity contribution in [1.29, 1.82) is 0 Å². The van der Waals surface area contributed by atoms with Crippen LogP contribution in [0.25, 0.3) is 11.0 Å². The number of rotatable bonds is 6. The minimum absolute atomic E-state index is 0.111. The van der Waals surface area contributed by atoms with Crippen LogP contribution in [0.3, 0.4) is 0 Å².